The molecule has 0 aliphatic heterocycles. The van der Waals surface area contributed by atoms with Gasteiger partial charge in [0.1, 0.15) is 0 Å². The van der Waals surface area contributed by atoms with Crippen LogP contribution in [0.3, 0.4) is 0 Å². The molecule has 0 atom stereocenters. The first-order valence-electron chi connectivity index (χ1n) is 8.98. The molecule has 1 aromatic rings. The maximum Gasteiger partial charge on any atom is 0.161 e. The SMILES string of the molecule is CCc1ccc(C=CC(=O)C23CC4CC(CC(C4)C2)C3)cc1. The monoisotopic (exact) mass is 294 g/mol. The maximum atomic E-state index is 12.9. The van der Waals surface area contributed by atoms with Gasteiger partial charge in [0.05, 0.1) is 0 Å². The van der Waals surface area contributed by atoms with E-state index in [9.17, 15) is 4.79 Å². The molecule has 1 aromatic carbocycles. The Bertz CT molecular complexity index is 558. The molecule has 1 nitrogen and oxygen atoms in total. The number of rotatable bonds is 4. The Morgan fingerprint density at radius 1 is 1.05 bits per heavy atom. The third kappa shape index (κ3) is 2.45. The van der Waals surface area contributed by atoms with Crippen LogP contribution in [0.4, 0.5) is 0 Å². The Morgan fingerprint density at radius 3 is 2.09 bits per heavy atom. The van der Waals surface area contributed by atoms with Crippen molar-refractivity contribution in [3.05, 3.63) is 41.5 Å². The van der Waals surface area contributed by atoms with Gasteiger partial charge < -0.3 is 0 Å². The summed E-state index contributed by atoms with van der Waals surface area (Å²) in [5.41, 5.74) is 2.51. The molecule has 1 heteroatoms. The molecule has 0 radical (unpaired) electrons. The van der Waals surface area contributed by atoms with Crippen molar-refractivity contribution in [1.82, 2.24) is 0 Å². The zero-order valence-corrected chi connectivity index (χ0v) is 13.6. The van der Waals surface area contributed by atoms with Crippen molar-refractivity contribution in [2.75, 3.05) is 0 Å². The van der Waals surface area contributed by atoms with Crippen molar-refractivity contribution in [3.8, 4) is 0 Å². The number of carbonyl (C=O) groups is 1. The largest absolute Gasteiger partial charge is 0.294 e. The Labute approximate surface area is 133 Å². The van der Waals surface area contributed by atoms with Gasteiger partial charge in [0, 0.05) is 5.41 Å². The fourth-order valence-electron chi connectivity index (χ4n) is 5.63. The first-order valence-corrected chi connectivity index (χ1v) is 8.98. The summed E-state index contributed by atoms with van der Waals surface area (Å²) < 4.78 is 0. The van der Waals surface area contributed by atoms with E-state index in [0.717, 1.165) is 49.0 Å². The first kappa shape index (κ1) is 14.2. The van der Waals surface area contributed by atoms with Crippen LogP contribution in [0, 0.1) is 23.2 Å². The van der Waals surface area contributed by atoms with Crippen LogP contribution in [-0.2, 0) is 11.2 Å². The molecular formula is C21H26O. The molecule has 4 aliphatic carbocycles. The van der Waals surface area contributed by atoms with Gasteiger partial charge in [-0.15, -0.1) is 0 Å². The van der Waals surface area contributed by atoms with Gasteiger partial charge in [-0.3, -0.25) is 4.79 Å². The molecule has 4 aliphatic rings. The molecule has 0 aromatic heterocycles. The number of carbonyl (C=O) groups excluding carboxylic acids is 1. The molecule has 5 rings (SSSR count). The normalized spacial score (nSPS) is 36.1. The predicted octanol–water partition coefficient (Wildman–Crippen LogP) is 5.05. The molecule has 22 heavy (non-hydrogen) atoms. The van der Waals surface area contributed by atoms with E-state index in [-0.39, 0.29) is 5.41 Å². The summed E-state index contributed by atoms with van der Waals surface area (Å²) in [5.74, 6) is 2.93. The summed E-state index contributed by atoms with van der Waals surface area (Å²) in [7, 11) is 0. The highest BCUT2D eigenvalue weighted by atomic mass is 16.1. The number of hydrogen-bond donors (Lipinski definition) is 0. The number of aryl methyl sites for hydroxylation is 1. The van der Waals surface area contributed by atoms with E-state index in [2.05, 4.69) is 31.2 Å². The Hall–Kier alpha value is -1.37. The lowest BCUT2D eigenvalue weighted by molar-refractivity contribution is -0.138. The highest BCUT2D eigenvalue weighted by Gasteiger charge is 2.53. The second-order valence-corrected chi connectivity index (χ2v) is 7.99. The Kier molecular flexibility index (Phi) is 3.47. The topological polar surface area (TPSA) is 17.1 Å². The molecule has 0 saturated heterocycles. The quantitative estimate of drug-likeness (QED) is 0.710. The highest BCUT2D eigenvalue weighted by Crippen LogP contribution is 2.60. The Balaban J connectivity index is 1.50. The fourth-order valence-corrected chi connectivity index (χ4v) is 5.63. The minimum Gasteiger partial charge on any atom is -0.294 e. The summed E-state index contributed by atoms with van der Waals surface area (Å²) in [6.07, 6.45) is 12.7. The molecule has 0 heterocycles. The van der Waals surface area contributed by atoms with Crippen LogP contribution in [0.25, 0.3) is 6.08 Å². The van der Waals surface area contributed by atoms with Crippen LogP contribution in [0.2, 0.25) is 0 Å². The van der Waals surface area contributed by atoms with Crippen LogP contribution >= 0.6 is 0 Å². The molecule has 4 bridgehead atoms. The van der Waals surface area contributed by atoms with E-state index in [0.29, 0.717) is 5.78 Å². The first-order chi connectivity index (χ1) is 10.7. The van der Waals surface area contributed by atoms with Crippen LogP contribution in [0.5, 0.6) is 0 Å². The van der Waals surface area contributed by atoms with Gasteiger partial charge in [-0.25, -0.2) is 0 Å². The lowest BCUT2D eigenvalue weighted by Crippen LogP contribution is -2.49. The van der Waals surface area contributed by atoms with Gasteiger partial charge >= 0.3 is 0 Å². The lowest BCUT2D eigenvalue weighted by atomic mass is 9.48. The molecular weight excluding hydrogens is 268 g/mol. The summed E-state index contributed by atoms with van der Waals surface area (Å²) in [5, 5.41) is 0. The van der Waals surface area contributed by atoms with Crippen LogP contribution < -0.4 is 0 Å². The van der Waals surface area contributed by atoms with Crippen molar-refractivity contribution < 1.29 is 4.79 Å². The van der Waals surface area contributed by atoms with Crippen molar-refractivity contribution in [1.29, 1.82) is 0 Å². The molecule has 0 N–H and O–H groups in total. The Morgan fingerprint density at radius 2 is 1.59 bits per heavy atom. The van der Waals surface area contributed by atoms with Gasteiger partial charge in [0.15, 0.2) is 5.78 Å². The summed E-state index contributed by atoms with van der Waals surface area (Å²) in [6, 6.07) is 8.58. The molecule has 0 spiro atoms. The predicted molar refractivity (Wildman–Crippen MR) is 90.5 cm³/mol. The van der Waals surface area contributed by atoms with Crippen molar-refractivity contribution in [3.63, 3.8) is 0 Å². The maximum absolute atomic E-state index is 12.9. The zero-order chi connectivity index (χ0) is 15.2. The number of ketones is 1. The van der Waals surface area contributed by atoms with Crippen molar-refractivity contribution in [2.45, 2.75) is 51.9 Å². The minimum atomic E-state index is 0.00854. The van der Waals surface area contributed by atoms with Crippen molar-refractivity contribution >= 4 is 11.9 Å². The standard InChI is InChI=1S/C21H26O/c1-2-15-3-5-16(6-4-15)7-8-20(22)21-12-17-9-18(13-21)11-19(10-17)14-21/h3-8,17-19H,2,9-14H2,1H3. The van der Waals surface area contributed by atoms with Crippen molar-refractivity contribution in [2.24, 2.45) is 23.2 Å². The van der Waals surface area contributed by atoms with E-state index in [4.69, 9.17) is 0 Å². The molecule has 4 fully saturated rings. The van der Waals surface area contributed by atoms with E-state index < -0.39 is 0 Å². The lowest BCUT2D eigenvalue weighted by Gasteiger charge is -2.55. The zero-order valence-electron chi connectivity index (χ0n) is 13.6. The average Bonchev–Trinajstić information content (AvgIpc) is 2.51. The fraction of sp³-hybridized carbons (Fsp3) is 0.571. The summed E-state index contributed by atoms with van der Waals surface area (Å²) >= 11 is 0. The molecule has 0 amide bonds. The smallest absolute Gasteiger partial charge is 0.161 e. The summed E-state index contributed by atoms with van der Waals surface area (Å²) in [6.45, 7) is 2.17. The average molecular weight is 294 g/mol. The molecule has 4 saturated carbocycles. The van der Waals surface area contributed by atoms with E-state index in [1.54, 1.807) is 0 Å². The van der Waals surface area contributed by atoms with Gasteiger partial charge in [-0.1, -0.05) is 37.3 Å². The number of allylic oxidation sites excluding steroid dienone is 1. The third-order valence-electron chi connectivity index (χ3n) is 6.38. The van der Waals surface area contributed by atoms with Gasteiger partial charge in [-0.2, -0.15) is 0 Å². The molecule has 116 valence electrons. The summed E-state index contributed by atoms with van der Waals surface area (Å²) in [4.78, 5) is 12.9. The third-order valence-corrected chi connectivity index (χ3v) is 6.38. The second kappa shape index (κ2) is 5.37. The van der Waals surface area contributed by atoms with E-state index in [1.165, 1.54) is 24.8 Å². The minimum absolute atomic E-state index is 0.00854. The van der Waals surface area contributed by atoms with Gasteiger partial charge in [-0.05, 0) is 79.9 Å². The number of benzene rings is 1. The van der Waals surface area contributed by atoms with Gasteiger partial charge in [0.25, 0.3) is 0 Å². The van der Waals surface area contributed by atoms with Crippen LogP contribution in [0.1, 0.15) is 56.6 Å². The highest BCUT2D eigenvalue weighted by molar-refractivity contribution is 5.98. The van der Waals surface area contributed by atoms with Gasteiger partial charge in [0.2, 0.25) is 0 Å². The van der Waals surface area contributed by atoms with Crippen LogP contribution in [0.15, 0.2) is 30.3 Å². The van der Waals surface area contributed by atoms with E-state index in [1.807, 2.05) is 12.2 Å². The number of hydrogen-bond acceptors (Lipinski definition) is 1. The van der Waals surface area contributed by atoms with E-state index >= 15 is 0 Å². The second-order valence-electron chi connectivity index (χ2n) is 7.99. The van der Waals surface area contributed by atoms with Crippen LogP contribution in [-0.4, -0.2) is 5.78 Å². The molecule has 0 unspecified atom stereocenters.